The van der Waals surface area contributed by atoms with E-state index in [1.54, 1.807) is 69.3 Å². The van der Waals surface area contributed by atoms with Gasteiger partial charge in [0, 0.05) is 147 Å². The number of aromatic nitrogens is 8. The fourth-order valence-electron chi connectivity index (χ4n) is 17.7. The van der Waals surface area contributed by atoms with Crippen LogP contribution in [-0.4, -0.2) is 40.8 Å². The molecule has 0 aliphatic heterocycles. The van der Waals surface area contributed by atoms with E-state index < -0.39 is 64.3 Å². The number of hydrogen-bond donors (Lipinski definition) is 0. The summed E-state index contributed by atoms with van der Waals surface area (Å²) in [4.78, 5) is 0. The van der Waals surface area contributed by atoms with Gasteiger partial charge in [0.05, 0.1) is 96.4 Å². The summed E-state index contributed by atoms with van der Waals surface area (Å²) in [6.45, 7) is 6.19. The zero-order chi connectivity index (χ0) is 97.2. The zero-order valence-corrected chi connectivity index (χ0v) is 84.2. The number of benzene rings is 16. The van der Waals surface area contributed by atoms with Crippen molar-refractivity contribution in [1.29, 1.82) is 0 Å². The Labute approximate surface area is 861 Å². The molecule has 0 unspecified atom stereocenters. The molecule has 8 heterocycles. The average Bonchev–Trinajstić information content (AvgIpc) is 1.16. The third kappa shape index (κ3) is 19.5. The van der Waals surface area contributed by atoms with E-state index >= 15 is 0 Å². The molecule has 0 N–H and O–H groups in total. The first-order chi connectivity index (χ1) is 67.2. The molecule has 0 fully saturated rings. The maximum atomic E-state index is 14.1. The molecule has 0 saturated heterocycles. The van der Waals surface area contributed by atoms with Crippen molar-refractivity contribution in [1.82, 2.24) is 40.8 Å². The van der Waals surface area contributed by atoms with Gasteiger partial charge in [0.2, 0.25) is 0 Å². The molecule has 24 rings (SSSR count). The molecule has 0 spiro atoms. The predicted octanol–water partition coefficient (Wildman–Crippen LogP) is 33.0. The summed E-state index contributed by atoms with van der Waals surface area (Å²) in [5.41, 5.74) is 2.03. The van der Waals surface area contributed by atoms with E-state index in [0.717, 1.165) is 113 Å². The summed E-state index contributed by atoms with van der Waals surface area (Å²) in [7, 11) is 0. The third-order valence-electron chi connectivity index (χ3n) is 24.5. The minimum atomic E-state index is -5.07. The van der Waals surface area contributed by atoms with Gasteiger partial charge in [0.15, 0.2) is 0 Å². The van der Waals surface area contributed by atoms with Gasteiger partial charge in [-0.15, -0.1) is 70.1 Å². The van der Waals surface area contributed by atoms with Crippen LogP contribution in [0.4, 0.5) is 65.9 Å². The first-order valence-electron chi connectivity index (χ1n) is 43.4. The van der Waals surface area contributed by atoms with Crippen molar-refractivity contribution in [3.63, 3.8) is 0 Å². The van der Waals surface area contributed by atoms with E-state index in [9.17, 15) is 65.9 Å². The van der Waals surface area contributed by atoms with Crippen LogP contribution >= 0.6 is 0 Å². The SMILES string of the molecule is Cc1cc(-c2nnc(-c3[c-]c4ccccc4o3)c3cc4ccccc4cc23)c(C(F)(F)F)cc1C(F)(F)F.Cc1cc(C(F)(F)F)ccc1-c1nnc(-c2[c-]c3ccccc3o2)c2cc3ccccc3cc12.Cc1ccc(C(F)(F)F)cc1-c1nnc(-c2[c-]c3ccccc3o2)c2cc3ccccc3cc12.Cc1cccc(C(F)(F)F)c1-c1nnc(-c2[c-]c3ccccc3o2)c2cc3ccccc3cc12.[Ir].[Ir].[Ir].[Ir]. The van der Waals surface area contributed by atoms with Crippen LogP contribution in [0.15, 0.2) is 327 Å². The van der Waals surface area contributed by atoms with Crippen molar-refractivity contribution >= 4 is 130 Å². The molecule has 31 heteroatoms. The van der Waals surface area contributed by atoms with Crippen molar-refractivity contribution in [3.8, 4) is 90.8 Å². The number of nitrogens with zero attached hydrogens (tertiary/aromatic N) is 8. The van der Waals surface area contributed by atoms with Crippen LogP contribution in [0.1, 0.15) is 50.1 Å². The number of hydrogen-bond acceptors (Lipinski definition) is 12. The number of rotatable bonds is 8. The molecule has 144 heavy (non-hydrogen) atoms. The van der Waals surface area contributed by atoms with Crippen LogP contribution < -0.4 is 0 Å². The van der Waals surface area contributed by atoms with Crippen LogP contribution in [0.3, 0.4) is 0 Å². The molecule has 12 nitrogen and oxygen atoms in total. The quantitative estimate of drug-likeness (QED) is 0.0807. The Morgan fingerprint density at radius 2 is 0.479 bits per heavy atom. The smallest absolute Gasteiger partial charge is 0.417 e. The predicted molar refractivity (Wildman–Crippen MR) is 510 cm³/mol. The second-order valence-corrected chi connectivity index (χ2v) is 33.5. The second-order valence-electron chi connectivity index (χ2n) is 33.5. The Balaban J connectivity index is 0.000000131. The molecule has 0 saturated carbocycles. The zero-order valence-electron chi connectivity index (χ0n) is 74.7. The summed E-state index contributed by atoms with van der Waals surface area (Å²) in [6, 6.07) is 101. The van der Waals surface area contributed by atoms with Gasteiger partial charge in [-0.1, -0.05) is 218 Å². The summed E-state index contributed by atoms with van der Waals surface area (Å²) in [5, 5.41) is 50.1. The van der Waals surface area contributed by atoms with Gasteiger partial charge in [-0.25, -0.2) is 0 Å². The van der Waals surface area contributed by atoms with Gasteiger partial charge >= 0.3 is 30.9 Å². The Bertz CT molecular complexity index is 9000. The maximum Gasteiger partial charge on any atom is 0.417 e. The average molecular weight is 2650 g/mol. The van der Waals surface area contributed by atoms with Crippen LogP contribution in [0.5, 0.6) is 0 Å². The van der Waals surface area contributed by atoms with Crippen molar-refractivity contribution < 1.29 is 164 Å². The molecule has 24 aromatic rings. The fraction of sp³-hybridized carbons (Fsp3) is 0.0796. The van der Waals surface area contributed by atoms with E-state index in [1.165, 1.54) is 18.2 Å². The van der Waals surface area contributed by atoms with E-state index in [2.05, 4.69) is 65.1 Å². The Kier molecular flexibility index (Phi) is 27.9. The molecule has 0 aliphatic carbocycles. The second kappa shape index (κ2) is 39.7. The number of para-hydroxylation sites is 4. The van der Waals surface area contributed by atoms with Crippen molar-refractivity contribution in [2.45, 2.75) is 58.6 Å². The van der Waals surface area contributed by atoms with Gasteiger partial charge < -0.3 is 17.7 Å². The van der Waals surface area contributed by atoms with Crippen LogP contribution in [0.2, 0.25) is 0 Å². The molecule has 16 aromatic carbocycles. The molecule has 724 valence electrons. The minimum absolute atomic E-state index is 0. The first-order valence-corrected chi connectivity index (χ1v) is 43.4. The van der Waals surface area contributed by atoms with Crippen LogP contribution in [0.25, 0.3) is 221 Å². The normalized spacial score (nSPS) is 11.9. The number of halogens is 15. The standard InChI is InChI=1S/C29H15F6N2O.3C28H16F3N2O.4Ir/c1-15-10-21(23(29(33,34)35)14-22(15)28(30,31)32)26-19-11-16-6-2-3-7-17(16)12-20(19)27(37-36-26)25-13-18-8-4-5-9-24(18)38-25;1-16-7-6-11-22(28(29,30)31)25(16)27-21-14-18-9-3-2-8-17(18)13-20(21)26(32-33-27)24-15-19-10-4-5-12-23(19)34-24;1-16-12-20(28(29,30)31)10-11-21(16)26-22-13-17-6-2-3-7-18(17)14-23(22)27(33-32-26)25-15-19-8-4-5-9-24(19)34-25;1-16-10-11-20(28(29,30)31)15-21(16)26-22-12-17-6-2-3-7-18(17)13-23(22)27(33-32-26)25-14-19-8-4-5-9-24(19)34-25;;;;/h2-12,14H,1H3;2*2-14H,1H3;2-13,15H,1H3;;;;/q4*-1;;;;. The minimum Gasteiger partial charge on any atom is -0.518 e. The molecule has 0 amide bonds. The molecular formula is C113H63F15Ir4N8O4-4. The molecular weight excluding hydrogens is 2590 g/mol. The van der Waals surface area contributed by atoms with Gasteiger partial charge in [0.1, 0.15) is 0 Å². The summed E-state index contributed by atoms with van der Waals surface area (Å²) in [5.74, 6) is 1.53. The first kappa shape index (κ1) is 101. The third-order valence-corrected chi connectivity index (χ3v) is 24.5. The topological polar surface area (TPSA) is 156 Å². The largest absolute Gasteiger partial charge is 0.518 e. The number of aryl methyl sites for hydroxylation is 4. The summed E-state index contributed by atoms with van der Waals surface area (Å²) >= 11 is 0. The fourth-order valence-corrected chi connectivity index (χ4v) is 17.7. The van der Waals surface area contributed by atoms with Crippen LogP contribution in [0, 0.1) is 52.0 Å². The van der Waals surface area contributed by atoms with E-state index in [-0.39, 0.29) is 126 Å². The Morgan fingerprint density at radius 1 is 0.201 bits per heavy atom. The van der Waals surface area contributed by atoms with E-state index in [0.29, 0.717) is 128 Å². The molecule has 8 aromatic heterocycles. The molecule has 0 aliphatic rings. The van der Waals surface area contributed by atoms with Gasteiger partial charge in [0.25, 0.3) is 0 Å². The van der Waals surface area contributed by atoms with E-state index in [1.807, 2.05) is 200 Å². The summed E-state index contributed by atoms with van der Waals surface area (Å²) in [6.07, 6.45) is -23.4. The monoisotopic (exact) mass is 2650 g/mol. The molecule has 4 radical (unpaired) electrons. The Morgan fingerprint density at radius 3 is 0.799 bits per heavy atom. The Hall–Kier alpha value is -14.4. The number of alkyl halides is 15. The van der Waals surface area contributed by atoms with E-state index in [4.69, 9.17) is 17.7 Å². The number of furan rings is 4. The van der Waals surface area contributed by atoms with Crippen molar-refractivity contribution in [3.05, 3.63) is 384 Å². The maximum absolute atomic E-state index is 14.1. The molecule has 0 atom stereocenters. The van der Waals surface area contributed by atoms with Gasteiger partial charge in [-0.05, 0) is 181 Å². The molecule has 0 bridgehead atoms. The van der Waals surface area contributed by atoms with Crippen molar-refractivity contribution in [2.75, 3.05) is 0 Å². The van der Waals surface area contributed by atoms with Crippen LogP contribution in [-0.2, 0) is 111 Å². The summed E-state index contributed by atoms with van der Waals surface area (Å²) < 4.78 is 229. The number of fused-ring (bicyclic) bond motifs is 12. The van der Waals surface area contributed by atoms with Crippen molar-refractivity contribution in [2.24, 2.45) is 0 Å². The van der Waals surface area contributed by atoms with Gasteiger partial charge in [-0.3, -0.25) is 0 Å². The van der Waals surface area contributed by atoms with Gasteiger partial charge in [-0.2, -0.15) is 107 Å².